The highest BCUT2D eigenvalue weighted by Gasteiger charge is 2.47. The van der Waals surface area contributed by atoms with Gasteiger partial charge in [-0.2, -0.15) is 4.98 Å². The Morgan fingerprint density at radius 3 is 2.52 bits per heavy atom. The first-order chi connectivity index (χ1) is 14.3. The van der Waals surface area contributed by atoms with E-state index >= 15 is 0 Å². The van der Waals surface area contributed by atoms with Gasteiger partial charge in [0.2, 0.25) is 5.95 Å². The third kappa shape index (κ3) is 6.07. The molecule has 2 N–H and O–H groups in total. The van der Waals surface area contributed by atoms with Gasteiger partial charge >= 0.3 is 0 Å². The molecule has 2 aliphatic rings. The van der Waals surface area contributed by atoms with Crippen molar-refractivity contribution < 1.29 is 13.9 Å². The van der Waals surface area contributed by atoms with Gasteiger partial charge in [0.15, 0.2) is 5.82 Å². The van der Waals surface area contributed by atoms with Crippen molar-refractivity contribution in [2.75, 3.05) is 23.3 Å². The SMILES string of the molecule is CC1C=C(Nc2nc(N3C[C@@H](C)C(F)(F)[C@@H](C)C3)ncc2Cl)CC(CCC(C)(C)O)C1. The first-order valence-corrected chi connectivity index (χ1v) is 11.6. The molecule has 31 heavy (non-hydrogen) atoms. The molecule has 1 aromatic heterocycles. The molecule has 8 heteroatoms. The first kappa shape index (κ1) is 24.2. The Morgan fingerprint density at radius 2 is 1.90 bits per heavy atom. The fraction of sp³-hybridized carbons (Fsp3) is 0.739. The van der Waals surface area contributed by atoms with Crippen LogP contribution in [0.4, 0.5) is 20.5 Å². The number of aliphatic hydroxyl groups is 1. The highest BCUT2D eigenvalue weighted by molar-refractivity contribution is 6.32. The molecule has 0 radical (unpaired) electrons. The second kappa shape index (κ2) is 9.18. The molecule has 0 saturated carbocycles. The normalized spacial score (nSPS) is 28.9. The highest BCUT2D eigenvalue weighted by atomic mass is 35.5. The van der Waals surface area contributed by atoms with Crippen molar-refractivity contribution in [1.82, 2.24) is 9.97 Å². The maximum atomic E-state index is 14.2. The zero-order valence-corrected chi connectivity index (χ0v) is 19.9. The van der Waals surface area contributed by atoms with Gasteiger partial charge in [0.25, 0.3) is 5.92 Å². The Bertz CT molecular complexity index is 797. The van der Waals surface area contributed by atoms with Crippen molar-refractivity contribution in [1.29, 1.82) is 0 Å². The molecule has 2 unspecified atom stereocenters. The lowest BCUT2D eigenvalue weighted by atomic mass is 9.81. The van der Waals surface area contributed by atoms with Crippen LogP contribution >= 0.6 is 11.6 Å². The van der Waals surface area contributed by atoms with Crippen molar-refractivity contribution in [3.63, 3.8) is 0 Å². The third-order valence-electron chi connectivity index (χ3n) is 6.46. The van der Waals surface area contributed by atoms with E-state index in [0.717, 1.165) is 31.4 Å². The maximum Gasteiger partial charge on any atom is 0.256 e. The predicted molar refractivity (Wildman–Crippen MR) is 122 cm³/mol. The minimum absolute atomic E-state index is 0.206. The van der Waals surface area contributed by atoms with E-state index in [4.69, 9.17) is 11.6 Å². The van der Waals surface area contributed by atoms with E-state index in [1.165, 1.54) is 6.20 Å². The van der Waals surface area contributed by atoms with Gasteiger partial charge in [0.1, 0.15) is 5.02 Å². The largest absolute Gasteiger partial charge is 0.390 e. The summed E-state index contributed by atoms with van der Waals surface area (Å²) in [5, 5.41) is 13.8. The number of anilines is 2. The lowest BCUT2D eigenvalue weighted by Gasteiger charge is -2.41. The molecule has 3 rings (SSSR count). The number of piperidine rings is 1. The van der Waals surface area contributed by atoms with Crippen molar-refractivity contribution in [3.8, 4) is 0 Å². The number of hydrogen-bond acceptors (Lipinski definition) is 5. The lowest BCUT2D eigenvalue weighted by molar-refractivity contribution is -0.105. The summed E-state index contributed by atoms with van der Waals surface area (Å²) < 4.78 is 28.4. The molecule has 5 nitrogen and oxygen atoms in total. The molecule has 1 fully saturated rings. The Kier molecular flexibility index (Phi) is 7.16. The molecule has 0 spiro atoms. The minimum Gasteiger partial charge on any atom is -0.390 e. The van der Waals surface area contributed by atoms with E-state index in [2.05, 4.69) is 28.3 Å². The standard InChI is InChI=1S/C23H35ClF2N4O/c1-14-8-17(6-7-22(4,5)31)10-18(9-14)28-20-19(24)11-27-21(29-20)30-12-15(2)23(25,26)16(3)13-30/h9,11,14-17,31H,6-8,10,12-13H2,1-5H3,(H,27,28,29)/t14?,15-,16+,17?. The smallest absolute Gasteiger partial charge is 0.256 e. The number of halogens is 3. The van der Waals surface area contributed by atoms with Crippen LogP contribution in [0.5, 0.6) is 0 Å². The summed E-state index contributed by atoms with van der Waals surface area (Å²) in [6, 6.07) is 0. The molecule has 1 saturated heterocycles. The Balaban J connectivity index is 1.72. The number of rotatable bonds is 6. The molecule has 1 aromatic rings. The van der Waals surface area contributed by atoms with Gasteiger partial charge in [-0.25, -0.2) is 13.8 Å². The van der Waals surface area contributed by atoms with Gasteiger partial charge in [0, 0.05) is 30.6 Å². The van der Waals surface area contributed by atoms with Crippen LogP contribution in [0.3, 0.4) is 0 Å². The molecular weight excluding hydrogens is 422 g/mol. The number of hydrogen-bond donors (Lipinski definition) is 2. The molecule has 174 valence electrons. The molecule has 0 aromatic carbocycles. The van der Waals surface area contributed by atoms with E-state index in [0.29, 0.717) is 28.6 Å². The number of nitrogens with zero attached hydrogens (tertiary/aromatic N) is 3. The van der Waals surface area contributed by atoms with Crippen LogP contribution in [-0.4, -0.2) is 39.7 Å². The van der Waals surface area contributed by atoms with Crippen molar-refractivity contribution in [2.45, 2.75) is 71.8 Å². The van der Waals surface area contributed by atoms with E-state index in [9.17, 15) is 13.9 Å². The highest BCUT2D eigenvalue weighted by Crippen LogP contribution is 2.39. The summed E-state index contributed by atoms with van der Waals surface area (Å²) in [5.41, 5.74) is 0.389. The Morgan fingerprint density at radius 1 is 1.26 bits per heavy atom. The van der Waals surface area contributed by atoms with E-state index in [1.54, 1.807) is 13.8 Å². The van der Waals surface area contributed by atoms with E-state index in [1.807, 2.05) is 18.7 Å². The van der Waals surface area contributed by atoms with Crippen LogP contribution in [0, 0.1) is 23.7 Å². The first-order valence-electron chi connectivity index (χ1n) is 11.2. The van der Waals surface area contributed by atoms with E-state index in [-0.39, 0.29) is 13.1 Å². The average Bonchev–Trinajstić information content (AvgIpc) is 2.65. The summed E-state index contributed by atoms with van der Waals surface area (Å²) in [6.07, 6.45) is 7.39. The minimum atomic E-state index is -2.69. The molecule has 0 bridgehead atoms. The fourth-order valence-corrected chi connectivity index (χ4v) is 4.79. The van der Waals surface area contributed by atoms with Gasteiger partial charge in [-0.1, -0.05) is 38.4 Å². The summed E-state index contributed by atoms with van der Waals surface area (Å²) >= 11 is 6.36. The van der Waals surface area contributed by atoms with Crippen molar-refractivity contribution >= 4 is 23.4 Å². The quantitative estimate of drug-likeness (QED) is 0.570. The summed E-state index contributed by atoms with van der Waals surface area (Å²) in [4.78, 5) is 10.7. The van der Waals surface area contributed by atoms with Gasteiger partial charge < -0.3 is 15.3 Å². The average molecular weight is 457 g/mol. The Hall–Kier alpha value is -1.47. The summed E-state index contributed by atoms with van der Waals surface area (Å²) in [7, 11) is 0. The topological polar surface area (TPSA) is 61.3 Å². The van der Waals surface area contributed by atoms with E-state index < -0.39 is 23.4 Å². The molecule has 2 heterocycles. The van der Waals surface area contributed by atoms with Crippen LogP contribution in [0.25, 0.3) is 0 Å². The second-order valence-electron chi connectivity index (χ2n) is 10.2. The predicted octanol–water partition coefficient (Wildman–Crippen LogP) is 5.75. The van der Waals surface area contributed by atoms with Gasteiger partial charge in [-0.15, -0.1) is 0 Å². The molecule has 1 aliphatic carbocycles. The fourth-order valence-electron chi connectivity index (χ4n) is 4.65. The number of nitrogens with one attached hydrogen (secondary N) is 1. The zero-order valence-electron chi connectivity index (χ0n) is 19.1. The van der Waals surface area contributed by atoms with Crippen LogP contribution in [0.1, 0.15) is 60.3 Å². The molecule has 0 amide bonds. The maximum absolute atomic E-state index is 14.2. The third-order valence-corrected chi connectivity index (χ3v) is 6.74. The van der Waals surface area contributed by atoms with Crippen LogP contribution in [0.15, 0.2) is 18.0 Å². The van der Waals surface area contributed by atoms with Gasteiger partial charge in [-0.3, -0.25) is 0 Å². The number of alkyl halides is 2. The zero-order chi connectivity index (χ0) is 23.0. The number of aromatic nitrogens is 2. The van der Waals surface area contributed by atoms with Crippen LogP contribution in [-0.2, 0) is 0 Å². The Labute approximate surface area is 189 Å². The van der Waals surface area contributed by atoms with Crippen LogP contribution < -0.4 is 10.2 Å². The monoisotopic (exact) mass is 456 g/mol. The second-order valence-corrected chi connectivity index (χ2v) is 10.6. The van der Waals surface area contributed by atoms with Crippen molar-refractivity contribution in [3.05, 3.63) is 23.0 Å². The summed E-state index contributed by atoms with van der Waals surface area (Å²) in [6.45, 7) is 9.42. The lowest BCUT2D eigenvalue weighted by Crippen LogP contribution is -2.52. The van der Waals surface area contributed by atoms with Gasteiger partial charge in [-0.05, 0) is 51.4 Å². The molecular formula is C23H35ClF2N4O. The molecule has 1 aliphatic heterocycles. The van der Waals surface area contributed by atoms with Crippen molar-refractivity contribution in [2.24, 2.45) is 23.7 Å². The molecule has 4 atom stereocenters. The summed E-state index contributed by atoms with van der Waals surface area (Å²) in [5.74, 6) is -2.43. The van der Waals surface area contributed by atoms with Crippen LogP contribution in [0.2, 0.25) is 5.02 Å². The van der Waals surface area contributed by atoms with Gasteiger partial charge in [0.05, 0.1) is 11.8 Å². The number of allylic oxidation sites excluding steroid dienone is 2.